The summed E-state index contributed by atoms with van der Waals surface area (Å²) in [7, 11) is 1.73. The minimum atomic E-state index is 0.258. The summed E-state index contributed by atoms with van der Waals surface area (Å²) in [5, 5.41) is 8.41. The molecule has 0 amide bonds. The van der Waals surface area contributed by atoms with Crippen molar-refractivity contribution in [2.24, 2.45) is 10.9 Å². The largest absolute Gasteiger partial charge is 0.384 e. The van der Waals surface area contributed by atoms with Crippen LogP contribution in [0.3, 0.4) is 0 Å². The van der Waals surface area contributed by atoms with E-state index in [1.807, 2.05) is 6.92 Å². The van der Waals surface area contributed by atoms with Crippen LogP contribution in [0.2, 0.25) is 0 Å². The van der Waals surface area contributed by atoms with Crippen LogP contribution < -0.4 is 16.4 Å². The Morgan fingerprint density at radius 3 is 2.73 bits per heavy atom. The molecule has 0 fully saturated rings. The van der Waals surface area contributed by atoms with Crippen molar-refractivity contribution >= 4 is 0 Å². The van der Waals surface area contributed by atoms with E-state index in [0.717, 1.165) is 5.70 Å². The maximum absolute atomic E-state index is 9.67. The molecule has 0 bridgehead atoms. The van der Waals surface area contributed by atoms with Crippen molar-refractivity contribution in [1.29, 1.82) is 0 Å². The summed E-state index contributed by atoms with van der Waals surface area (Å²) >= 11 is 0. The molecule has 5 heteroatoms. The Bertz CT molecular complexity index is 155. The number of nitrogens with two attached hydrogens (primary N) is 1. The van der Waals surface area contributed by atoms with Gasteiger partial charge >= 0.3 is 0 Å². The number of nitroso groups, excluding NO2 is 1. The number of rotatable bonds is 5. The average molecular weight is 158 g/mol. The molecule has 0 saturated carbocycles. The second-order valence-corrected chi connectivity index (χ2v) is 2.07. The number of nitrogens with zero attached hydrogens (tertiary/aromatic N) is 1. The number of allylic oxidation sites excluding steroid dienone is 1. The van der Waals surface area contributed by atoms with Gasteiger partial charge < -0.3 is 16.4 Å². The first kappa shape index (κ1) is 9.74. The van der Waals surface area contributed by atoms with Crippen LogP contribution in [0.4, 0.5) is 0 Å². The smallest absolute Gasteiger partial charge is 0.115 e. The summed E-state index contributed by atoms with van der Waals surface area (Å²) in [5.74, 6) is 0.580. The quantitative estimate of drug-likeness (QED) is 0.379. The van der Waals surface area contributed by atoms with Gasteiger partial charge in [-0.2, -0.15) is 4.91 Å². The van der Waals surface area contributed by atoms with Gasteiger partial charge in [0, 0.05) is 19.3 Å². The van der Waals surface area contributed by atoms with Crippen LogP contribution >= 0.6 is 0 Å². The summed E-state index contributed by atoms with van der Waals surface area (Å²) in [4.78, 5) is 9.67. The molecule has 0 unspecified atom stereocenters. The molecule has 64 valence electrons. The van der Waals surface area contributed by atoms with E-state index in [4.69, 9.17) is 5.73 Å². The van der Waals surface area contributed by atoms with E-state index in [0.29, 0.717) is 12.4 Å². The highest BCUT2D eigenvalue weighted by Crippen LogP contribution is 1.86. The fraction of sp³-hybridized carbons (Fsp3) is 0.667. The van der Waals surface area contributed by atoms with Gasteiger partial charge in [0.05, 0.1) is 6.54 Å². The Morgan fingerprint density at radius 1 is 1.64 bits per heavy atom. The molecule has 0 saturated heterocycles. The van der Waals surface area contributed by atoms with Crippen molar-refractivity contribution in [1.82, 2.24) is 10.6 Å². The average Bonchev–Trinajstić information content (AvgIpc) is 2.03. The van der Waals surface area contributed by atoms with E-state index >= 15 is 0 Å². The lowest BCUT2D eigenvalue weighted by Gasteiger charge is -2.07. The van der Waals surface area contributed by atoms with Gasteiger partial charge in [-0.05, 0) is 6.92 Å². The highest BCUT2D eigenvalue weighted by atomic mass is 16.3. The molecular formula is C6H14N4O. The van der Waals surface area contributed by atoms with Crippen molar-refractivity contribution in [3.05, 3.63) is 16.4 Å². The topological polar surface area (TPSA) is 79.5 Å². The molecule has 0 aromatic heterocycles. The van der Waals surface area contributed by atoms with Gasteiger partial charge in [-0.1, -0.05) is 5.18 Å². The molecule has 0 aromatic carbocycles. The summed E-state index contributed by atoms with van der Waals surface area (Å²) in [6.45, 7) is 2.61. The minimum Gasteiger partial charge on any atom is -0.384 e. The first-order valence-corrected chi connectivity index (χ1v) is 3.39. The van der Waals surface area contributed by atoms with E-state index in [-0.39, 0.29) is 6.54 Å². The molecule has 0 aliphatic carbocycles. The Labute approximate surface area is 66.0 Å². The third kappa shape index (κ3) is 4.19. The molecule has 0 aromatic rings. The van der Waals surface area contributed by atoms with Crippen molar-refractivity contribution in [3.63, 3.8) is 0 Å². The van der Waals surface area contributed by atoms with Crippen molar-refractivity contribution in [3.8, 4) is 0 Å². The molecule has 0 atom stereocenters. The first-order valence-electron chi connectivity index (χ1n) is 3.39. The van der Waals surface area contributed by atoms with Gasteiger partial charge in [0.1, 0.15) is 5.82 Å². The summed E-state index contributed by atoms with van der Waals surface area (Å²) < 4.78 is 0. The van der Waals surface area contributed by atoms with Crippen LogP contribution in [0.25, 0.3) is 0 Å². The van der Waals surface area contributed by atoms with Gasteiger partial charge in [0.25, 0.3) is 0 Å². The maximum Gasteiger partial charge on any atom is 0.115 e. The highest BCUT2D eigenvalue weighted by molar-refractivity contribution is 5.03. The number of nitrogens with one attached hydrogen (secondary N) is 2. The van der Waals surface area contributed by atoms with Gasteiger partial charge in [-0.15, -0.1) is 0 Å². The zero-order valence-corrected chi connectivity index (χ0v) is 6.85. The summed E-state index contributed by atoms with van der Waals surface area (Å²) in [6, 6.07) is 0. The third-order valence-corrected chi connectivity index (χ3v) is 1.27. The van der Waals surface area contributed by atoms with Gasteiger partial charge in [0.15, 0.2) is 0 Å². The summed E-state index contributed by atoms with van der Waals surface area (Å²) in [5.41, 5.74) is 6.33. The van der Waals surface area contributed by atoms with E-state index in [1.54, 1.807) is 7.05 Å². The van der Waals surface area contributed by atoms with Gasteiger partial charge in [-0.3, -0.25) is 0 Å². The van der Waals surface area contributed by atoms with Crippen molar-refractivity contribution in [2.45, 2.75) is 6.92 Å². The van der Waals surface area contributed by atoms with E-state index in [2.05, 4.69) is 15.8 Å². The monoisotopic (exact) mass is 158 g/mol. The van der Waals surface area contributed by atoms with Crippen molar-refractivity contribution in [2.75, 3.05) is 20.1 Å². The van der Waals surface area contributed by atoms with Gasteiger partial charge in [-0.25, -0.2) is 0 Å². The zero-order valence-electron chi connectivity index (χ0n) is 6.85. The lowest BCUT2D eigenvalue weighted by molar-refractivity contribution is 0.762. The second-order valence-electron chi connectivity index (χ2n) is 2.07. The molecule has 0 spiro atoms. The number of hydrogen-bond acceptors (Lipinski definition) is 5. The van der Waals surface area contributed by atoms with Gasteiger partial charge in [0.2, 0.25) is 0 Å². The van der Waals surface area contributed by atoms with Crippen LogP contribution in [-0.2, 0) is 0 Å². The molecular weight excluding hydrogens is 144 g/mol. The molecule has 0 radical (unpaired) electrons. The Kier molecular flexibility index (Phi) is 4.89. The predicted molar refractivity (Wildman–Crippen MR) is 44.6 cm³/mol. The lowest BCUT2D eigenvalue weighted by Crippen LogP contribution is -2.25. The normalized spacial score (nSPS) is 11.8. The Hall–Kier alpha value is -1.26. The third-order valence-electron chi connectivity index (χ3n) is 1.27. The predicted octanol–water partition coefficient (Wildman–Crippen LogP) is -0.290. The van der Waals surface area contributed by atoms with Crippen LogP contribution in [0.5, 0.6) is 0 Å². The zero-order chi connectivity index (χ0) is 8.69. The molecule has 0 heterocycles. The molecule has 0 rings (SSSR count). The summed E-state index contributed by atoms with van der Waals surface area (Å²) in [6.07, 6.45) is 0. The Balaban J connectivity index is 3.66. The maximum atomic E-state index is 9.67. The fourth-order valence-corrected chi connectivity index (χ4v) is 0.572. The fourth-order valence-electron chi connectivity index (χ4n) is 0.572. The Morgan fingerprint density at radius 2 is 2.27 bits per heavy atom. The van der Waals surface area contributed by atoms with Crippen molar-refractivity contribution < 1.29 is 0 Å². The van der Waals surface area contributed by atoms with Crippen LogP contribution in [0.1, 0.15) is 6.92 Å². The molecule has 4 N–H and O–H groups in total. The van der Waals surface area contributed by atoms with E-state index < -0.39 is 0 Å². The SMILES string of the molecule is CN/C(N)=C(\C)NCCN=O. The first-order chi connectivity index (χ1) is 5.22. The molecule has 0 aliphatic heterocycles. The number of hydrogen-bond donors (Lipinski definition) is 3. The molecule has 11 heavy (non-hydrogen) atoms. The molecule has 5 nitrogen and oxygen atoms in total. The minimum absolute atomic E-state index is 0.258. The van der Waals surface area contributed by atoms with Crippen LogP contribution in [0.15, 0.2) is 16.7 Å². The lowest BCUT2D eigenvalue weighted by atomic mass is 10.4. The van der Waals surface area contributed by atoms with Crippen LogP contribution in [0, 0.1) is 4.91 Å². The van der Waals surface area contributed by atoms with E-state index in [9.17, 15) is 4.91 Å². The van der Waals surface area contributed by atoms with Crippen LogP contribution in [-0.4, -0.2) is 20.1 Å². The van der Waals surface area contributed by atoms with E-state index in [1.165, 1.54) is 0 Å². The standard InChI is InChI=1S/C6H14N4O/c1-5(6(7)8-2)9-3-4-10-11/h8-9H,3-4,7H2,1-2H3/b6-5+. The second kappa shape index (κ2) is 5.52. The molecule has 0 aliphatic rings. The highest BCUT2D eigenvalue weighted by Gasteiger charge is 1.92.